The lowest BCUT2D eigenvalue weighted by atomic mass is 10.1. The van der Waals surface area contributed by atoms with Crippen LogP contribution in [0.1, 0.15) is 16.8 Å². The van der Waals surface area contributed by atoms with Crippen LogP contribution in [-0.2, 0) is 6.54 Å². The predicted molar refractivity (Wildman–Crippen MR) is 84.7 cm³/mol. The predicted octanol–water partition coefficient (Wildman–Crippen LogP) is 1.25. The third-order valence-corrected chi connectivity index (χ3v) is 4.46. The molecule has 8 nitrogen and oxygen atoms in total. The van der Waals surface area contributed by atoms with Crippen LogP contribution >= 0.6 is 15.9 Å². The Labute approximate surface area is 140 Å². The maximum absolute atomic E-state index is 12.7. The maximum Gasteiger partial charge on any atom is 0.259 e. The Morgan fingerprint density at radius 3 is 3.13 bits per heavy atom. The van der Waals surface area contributed by atoms with E-state index >= 15 is 0 Å². The van der Waals surface area contributed by atoms with Crippen molar-refractivity contribution in [1.29, 1.82) is 0 Å². The molecule has 3 aromatic rings. The molecule has 1 atom stereocenters. The molecule has 0 N–H and O–H groups in total. The summed E-state index contributed by atoms with van der Waals surface area (Å²) in [5.41, 5.74) is 1.12. The number of amides is 1. The summed E-state index contributed by atoms with van der Waals surface area (Å²) in [6, 6.07) is 0. The summed E-state index contributed by atoms with van der Waals surface area (Å²) in [5.74, 6) is 0.375. The Morgan fingerprint density at radius 2 is 2.30 bits per heavy atom. The quantitative estimate of drug-likeness (QED) is 0.687. The SMILES string of the molecule is O=C(c1cnn2cc(Br)cnc12)N1CCC(Cn2ccnn2)C1. The number of likely N-dealkylation sites (tertiary alicyclic amines) is 1. The van der Waals surface area contributed by atoms with Gasteiger partial charge in [0.1, 0.15) is 5.56 Å². The van der Waals surface area contributed by atoms with E-state index in [1.165, 1.54) is 0 Å². The number of fused-ring (bicyclic) bond motifs is 1. The minimum Gasteiger partial charge on any atom is -0.338 e. The van der Waals surface area contributed by atoms with Gasteiger partial charge in [-0.2, -0.15) is 5.10 Å². The summed E-state index contributed by atoms with van der Waals surface area (Å²) in [6.07, 6.45) is 9.52. The van der Waals surface area contributed by atoms with Crippen LogP contribution in [0.4, 0.5) is 0 Å². The first-order valence-electron chi connectivity index (χ1n) is 7.33. The Morgan fingerprint density at radius 1 is 1.39 bits per heavy atom. The van der Waals surface area contributed by atoms with Gasteiger partial charge in [0.15, 0.2) is 5.65 Å². The van der Waals surface area contributed by atoms with Gasteiger partial charge in [0.25, 0.3) is 5.91 Å². The molecule has 0 radical (unpaired) electrons. The topological polar surface area (TPSA) is 81.2 Å². The first-order valence-corrected chi connectivity index (χ1v) is 8.12. The van der Waals surface area contributed by atoms with Crippen LogP contribution in [-0.4, -0.2) is 53.5 Å². The molecule has 1 amide bonds. The van der Waals surface area contributed by atoms with Crippen molar-refractivity contribution in [1.82, 2.24) is 34.5 Å². The van der Waals surface area contributed by atoms with E-state index in [2.05, 4.69) is 36.3 Å². The molecule has 0 aliphatic carbocycles. The molecule has 1 aliphatic heterocycles. The van der Waals surface area contributed by atoms with Crippen LogP contribution < -0.4 is 0 Å². The van der Waals surface area contributed by atoms with E-state index in [0.29, 0.717) is 23.7 Å². The fraction of sp³-hybridized carbons (Fsp3) is 0.357. The highest BCUT2D eigenvalue weighted by molar-refractivity contribution is 9.10. The van der Waals surface area contributed by atoms with Gasteiger partial charge in [0, 0.05) is 38.2 Å². The Bertz CT molecular complexity index is 844. The molecule has 1 saturated heterocycles. The number of hydrogen-bond donors (Lipinski definition) is 0. The van der Waals surface area contributed by atoms with Crippen LogP contribution in [0.15, 0.2) is 35.5 Å². The van der Waals surface area contributed by atoms with Crippen molar-refractivity contribution in [3.63, 3.8) is 0 Å². The van der Waals surface area contributed by atoms with Crippen LogP contribution in [0.3, 0.4) is 0 Å². The van der Waals surface area contributed by atoms with Crippen molar-refractivity contribution >= 4 is 27.5 Å². The summed E-state index contributed by atoms with van der Waals surface area (Å²) in [6.45, 7) is 2.24. The average molecular weight is 376 g/mol. The van der Waals surface area contributed by atoms with Gasteiger partial charge in [-0.1, -0.05) is 5.21 Å². The largest absolute Gasteiger partial charge is 0.338 e. The smallest absolute Gasteiger partial charge is 0.259 e. The minimum absolute atomic E-state index is 0.0177. The lowest BCUT2D eigenvalue weighted by Crippen LogP contribution is -2.29. The van der Waals surface area contributed by atoms with Crippen molar-refractivity contribution in [3.8, 4) is 0 Å². The van der Waals surface area contributed by atoms with Gasteiger partial charge in [-0.05, 0) is 28.3 Å². The third-order valence-electron chi connectivity index (χ3n) is 4.05. The monoisotopic (exact) mass is 375 g/mol. The molecule has 4 rings (SSSR count). The van der Waals surface area contributed by atoms with E-state index < -0.39 is 0 Å². The summed E-state index contributed by atoms with van der Waals surface area (Å²) >= 11 is 3.35. The van der Waals surface area contributed by atoms with Crippen LogP contribution in [0.2, 0.25) is 0 Å². The zero-order chi connectivity index (χ0) is 15.8. The number of carbonyl (C=O) groups excluding carboxylic acids is 1. The third kappa shape index (κ3) is 2.72. The lowest BCUT2D eigenvalue weighted by molar-refractivity contribution is 0.0787. The summed E-state index contributed by atoms with van der Waals surface area (Å²) in [7, 11) is 0. The molecule has 1 fully saturated rings. The van der Waals surface area contributed by atoms with E-state index in [1.54, 1.807) is 29.3 Å². The van der Waals surface area contributed by atoms with Crippen LogP contribution in [0, 0.1) is 5.92 Å². The second-order valence-electron chi connectivity index (χ2n) is 5.63. The lowest BCUT2D eigenvalue weighted by Gasteiger charge is -2.15. The Balaban J connectivity index is 1.50. The highest BCUT2D eigenvalue weighted by Crippen LogP contribution is 2.21. The Hall–Kier alpha value is -2.29. The van der Waals surface area contributed by atoms with E-state index in [1.807, 2.05) is 15.8 Å². The molecule has 0 saturated carbocycles. The highest BCUT2D eigenvalue weighted by Gasteiger charge is 2.29. The van der Waals surface area contributed by atoms with Gasteiger partial charge in [0.2, 0.25) is 0 Å². The summed E-state index contributed by atoms with van der Waals surface area (Å²) in [5, 5.41) is 12.0. The highest BCUT2D eigenvalue weighted by atomic mass is 79.9. The van der Waals surface area contributed by atoms with Gasteiger partial charge < -0.3 is 4.90 Å². The molecule has 0 aromatic carbocycles. The number of halogens is 1. The average Bonchev–Trinajstić information content (AvgIpc) is 3.27. The maximum atomic E-state index is 12.7. The van der Waals surface area contributed by atoms with E-state index in [4.69, 9.17) is 0 Å². The molecule has 3 aromatic heterocycles. The molecule has 9 heteroatoms. The van der Waals surface area contributed by atoms with Gasteiger partial charge in [-0.3, -0.25) is 9.48 Å². The number of nitrogens with zero attached hydrogens (tertiary/aromatic N) is 7. The van der Waals surface area contributed by atoms with Crippen molar-refractivity contribution in [2.45, 2.75) is 13.0 Å². The van der Waals surface area contributed by atoms with Crippen molar-refractivity contribution in [2.75, 3.05) is 13.1 Å². The van der Waals surface area contributed by atoms with E-state index in [-0.39, 0.29) is 5.91 Å². The molecular weight excluding hydrogens is 362 g/mol. The zero-order valence-electron chi connectivity index (χ0n) is 12.2. The number of rotatable bonds is 3. The molecule has 0 spiro atoms. The molecule has 1 aliphatic rings. The van der Waals surface area contributed by atoms with Crippen molar-refractivity contribution in [3.05, 3.63) is 41.0 Å². The molecule has 4 heterocycles. The summed E-state index contributed by atoms with van der Waals surface area (Å²) < 4.78 is 4.24. The van der Waals surface area contributed by atoms with E-state index in [9.17, 15) is 4.79 Å². The summed E-state index contributed by atoms with van der Waals surface area (Å²) in [4.78, 5) is 18.9. The van der Waals surface area contributed by atoms with Crippen LogP contribution in [0.25, 0.3) is 5.65 Å². The number of hydrogen-bond acceptors (Lipinski definition) is 5. The first kappa shape index (κ1) is 14.3. The normalized spacial score (nSPS) is 18.0. The van der Waals surface area contributed by atoms with Crippen molar-refractivity contribution < 1.29 is 4.79 Å². The number of carbonyl (C=O) groups is 1. The first-order chi connectivity index (χ1) is 11.2. The fourth-order valence-corrected chi connectivity index (χ4v) is 3.23. The second-order valence-corrected chi connectivity index (χ2v) is 6.55. The van der Waals surface area contributed by atoms with Gasteiger partial charge in [-0.25, -0.2) is 9.50 Å². The van der Waals surface area contributed by atoms with Gasteiger partial charge in [-0.15, -0.1) is 5.10 Å². The zero-order valence-corrected chi connectivity index (χ0v) is 13.8. The van der Waals surface area contributed by atoms with Crippen LogP contribution in [0.5, 0.6) is 0 Å². The standard InChI is InChI=1S/C14H14BrN7O/c15-11-5-16-13-12(6-18-22(13)9-11)14(23)20-3-1-10(7-20)8-21-4-2-17-19-21/h2,4-6,9-10H,1,3,7-8H2. The fourth-order valence-electron chi connectivity index (χ4n) is 2.93. The molecule has 1 unspecified atom stereocenters. The molecule has 118 valence electrons. The van der Waals surface area contributed by atoms with Gasteiger partial charge >= 0.3 is 0 Å². The van der Waals surface area contributed by atoms with Gasteiger partial charge in [0.05, 0.1) is 16.9 Å². The van der Waals surface area contributed by atoms with Crippen molar-refractivity contribution in [2.24, 2.45) is 5.92 Å². The molecular formula is C14H14BrN7O. The number of aromatic nitrogens is 6. The second kappa shape index (κ2) is 5.73. The Kier molecular flexibility index (Phi) is 3.56. The minimum atomic E-state index is -0.0177. The van der Waals surface area contributed by atoms with E-state index in [0.717, 1.165) is 24.0 Å². The molecule has 23 heavy (non-hydrogen) atoms. The molecule has 0 bridgehead atoms.